The maximum absolute atomic E-state index is 9.49. The average molecular weight is 188 g/mol. The van der Waals surface area contributed by atoms with Crippen molar-refractivity contribution in [3.05, 3.63) is 0 Å². The summed E-state index contributed by atoms with van der Waals surface area (Å²) in [6.07, 6.45) is 2.33. The summed E-state index contributed by atoms with van der Waals surface area (Å²) in [5, 5.41) is 16.6. The van der Waals surface area contributed by atoms with Crippen molar-refractivity contribution in [2.24, 2.45) is 5.73 Å². The molecule has 5 heteroatoms. The fourth-order valence-corrected chi connectivity index (χ4v) is 1.12. The van der Waals surface area contributed by atoms with Gasteiger partial charge in [-0.05, 0) is 26.2 Å². The molecule has 0 amide bonds. The number of nitrogens with one attached hydrogen (secondary N) is 1. The maximum Gasteiger partial charge on any atom is 0.224 e. The molecule has 13 heavy (non-hydrogen) atoms. The second kappa shape index (κ2) is 4.04. The minimum Gasteiger partial charge on any atom is -0.383 e. The van der Waals surface area contributed by atoms with Gasteiger partial charge >= 0.3 is 0 Å². The van der Waals surface area contributed by atoms with E-state index in [0.29, 0.717) is 6.61 Å². The molecular weight excluding hydrogens is 172 g/mol. The van der Waals surface area contributed by atoms with Crippen molar-refractivity contribution in [3.8, 4) is 0 Å². The molecule has 1 saturated heterocycles. The van der Waals surface area contributed by atoms with Crippen molar-refractivity contribution >= 4 is 5.84 Å². The van der Waals surface area contributed by atoms with Gasteiger partial charge in [-0.25, -0.2) is 0 Å². The molecule has 0 aromatic heterocycles. The lowest BCUT2D eigenvalue weighted by atomic mass is 10.2. The molecule has 1 heterocycles. The van der Waals surface area contributed by atoms with Crippen molar-refractivity contribution in [2.45, 2.75) is 38.3 Å². The van der Waals surface area contributed by atoms with Crippen LogP contribution in [0, 0.1) is 5.41 Å². The van der Waals surface area contributed by atoms with Crippen LogP contribution in [0.2, 0.25) is 0 Å². The van der Waals surface area contributed by atoms with Crippen LogP contribution in [0.5, 0.6) is 0 Å². The molecule has 1 aliphatic rings. The van der Waals surface area contributed by atoms with Crippen LogP contribution in [0.25, 0.3) is 0 Å². The number of hydrogen-bond donors (Lipinski definition) is 3. The SMILES string of the molecule is CC(O)(OC1CCCCO1)C(=N)N. The fraction of sp³-hybridized carbons (Fsp3) is 0.875. The largest absolute Gasteiger partial charge is 0.383 e. The van der Waals surface area contributed by atoms with E-state index < -0.39 is 17.9 Å². The predicted octanol–water partition coefficient (Wildman–Crippen LogP) is 0.174. The smallest absolute Gasteiger partial charge is 0.224 e. The van der Waals surface area contributed by atoms with Gasteiger partial charge in [-0.15, -0.1) is 0 Å². The Morgan fingerprint density at radius 3 is 2.85 bits per heavy atom. The molecule has 0 aliphatic carbocycles. The van der Waals surface area contributed by atoms with Crippen LogP contribution in [0.4, 0.5) is 0 Å². The second-order valence-electron chi connectivity index (χ2n) is 3.31. The summed E-state index contributed by atoms with van der Waals surface area (Å²) >= 11 is 0. The molecule has 4 N–H and O–H groups in total. The Morgan fingerprint density at radius 1 is 1.69 bits per heavy atom. The zero-order chi connectivity index (χ0) is 9.90. The van der Waals surface area contributed by atoms with Crippen molar-refractivity contribution < 1.29 is 14.6 Å². The van der Waals surface area contributed by atoms with Crippen LogP contribution < -0.4 is 5.73 Å². The van der Waals surface area contributed by atoms with E-state index in [2.05, 4.69) is 0 Å². The summed E-state index contributed by atoms with van der Waals surface area (Å²) < 4.78 is 10.4. The number of amidine groups is 1. The highest BCUT2D eigenvalue weighted by Crippen LogP contribution is 2.18. The highest BCUT2D eigenvalue weighted by molar-refractivity contribution is 5.83. The highest BCUT2D eigenvalue weighted by atomic mass is 16.7. The number of ether oxygens (including phenoxy) is 2. The van der Waals surface area contributed by atoms with Gasteiger partial charge in [0.05, 0.1) is 0 Å². The molecule has 0 spiro atoms. The molecule has 2 unspecified atom stereocenters. The third-order valence-corrected chi connectivity index (χ3v) is 2.00. The fourth-order valence-electron chi connectivity index (χ4n) is 1.12. The first-order chi connectivity index (χ1) is 6.02. The minimum absolute atomic E-state index is 0.401. The molecule has 1 rings (SSSR count). The Labute approximate surface area is 77.3 Å². The minimum atomic E-state index is -1.71. The predicted molar refractivity (Wildman–Crippen MR) is 47.2 cm³/mol. The third kappa shape index (κ3) is 2.95. The van der Waals surface area contributed by atoms with Crippen LogP contribution in [0.3, 0.4) is 0 Å². The standard InChI is InChI=1S/C8H16N2O3/c1-8(11,7(9)10)13-6-4-2-3-5-12-6/h6,11H,2-5H2,1H3,(H3,9,10). The maximum atomic E-state index is 9.49. The quantitative estimate of drug-likeness (QED) is 0.335. The molecule has 2 atom stereocenters. The molecule has 0 aromatic rings. The van der Waals surface area contributed by atoms with Gasteiger partial charge in [-0.1, -0.05) is 0 Å². The van der Waals surface area contributed by atoms with E-state index in [-0.39, 0.29) is 0 Å². The van der Waals surface area contributed by atoms with Crippen LogP contribution in [-0.4, -0.2) is 29.6 Å². The Bertz CT molecular complexity index is 188. The molecule has 76 valence electrons. The highest BCUT2D eigenvalue weighted by Gasteiger charge is 2.30. The van der Waals surface area contributed by atoms with E-state index in [1.165, 1.54) is 6.92 Å². The lowest BCUT2D eigenvalue weighted by molar-refractivity contribution is -0.261. The van der Waals surface area contributed by atoms with Crippen molar-refractivity contribution in [1.82, 2.24) is 0 Å². The van der Waals surface area contributed by atoms with E-state index in [4.69, 9.17) is 20.6 Å². The van der Waals surface area contributed by atoms with E-state index in [9.17, 15) is 5.11 Å². The van der Waals surface area contributed by atoms with E-state index in [1.54, 1.807) is 0 Å². The van der Waals surface area contributed by atoms with Gasteiger partial charge in [0.2, 0.25) is 5.79 Å². The first kappa shape index (κ1) is 10.4. The van der Waals surface area contributed by atoms with Crippen LogP contribution in [0.15, 0.2) is 0 Å². The zero-order valence-corrected chi connectivity index (χ0v) is 7.75. The zero-order valence-electron chi connectivity index (χ0n) is 7.75. The van der Waals surface area contributed by atoms with Gasteiger partial charge < -0.3 is 20.3 Å². The molecule has 5 nitrogen and oxygen atoms in total. The lowest BCUT2D eigenvalue weighted by Gasteiger charge is -2.30. The van der Waals surface area contributed by atoms with Gasteiger partial charge in [0.25, 0.3) is 0 Å². The summed E-state index contributed by atoms with van der Waals surface area (Å²) in [6.45, 7) is 1.98. The summed E-state index contributed by atoms with van der Waals surface area (Å²) in [5.74, 6) is -2.11. The third-order valence-electron chi connectivity index (χ3n) is 2.00. The molecule has 1 aliphatic heterocycles. The summed E-state index contributed by atoms with van der Waals surface area (Å²) in [5.41, 5.74) is 5.14. The van der Waals surface area contributed by atoms with Crippen molar-refractivity contribution in [3.63, 3.8) is 0 Å². The normalized spacial score (nSPS) is 28.0. The van der Waals surface area contributed by atoms with E-state index in [0.717, 1.165) is 19.3 Å². The number of hydrogen-bond acceptors (Lipinski definition) is 4. The Hall–Kier alpha value is -0.650. The van der Waals surface area contributed by atoms with Crippen LogP contribution in [-0.2, 0) is 9.47 Å². The number of nitrogens with two attached hydrogens (primary N) is 1. The van der Waals surface area contributed by atoms with Gasteiger partial charge in [0.15, 0.2) is 12.1 Å². The van der Waals surface area contributed by atoms with Crippen LogP contribution in [0.1, 0.15) is 26.2 Å². The number of rotatable bonds is 3. The van der Waals surface area contributed by atoms with Gasteiger partial charge in [-0.2, -0.15) is 0 Å². The van der Waals surface area contributed by atoms with Crippen molar-refractivity contribution in [1.29, 1.82) is 5.41 Å². The molecule has 1 fully saturated rings. The molecular formula is C8H16N2O3. The average Bonchev–Trinajstić information content (AvgIpc) is 2.05. The second-order valence-corrected chi connectivity index (χ2v) is 3.31. The van der Waals surface area contributed by atoms with E-state index in [1.807, 2.05) is 0 Å². The van der Waals surface area contributed by atoms with E-state index >= 15 is 0 Å². The topological polar surface area (TPSA) is 88.6 Å². The summed E-state index contributed by atoms with van der Waals surface area (Å²) in [6, 6.07) is 0. The molecule has 0 bridgehead atoms. The molecule has 0 aromatic carbocycles. The lowest BCUT2D eigenvalue weighted by Crippen LogP contribution is -2.46. The monoisotopic (exact) mass is 188 g/mol. The summed E-state index contributed by atoms with van der Waals surface area (Å²) in [4.78, 5) is 0. The Kier molecular flexibility index (Phi) is 3.24. The van der Waals surface area contributed by atoms with Gasteiger partial charge in [0, 0.05) is 6.61 Å². The molecule has 0 saturated carbocycles. The summed E-state index contributed by atoms with van der Waals surface area (Å²) in [7, 11) is 0. The van der Waals surface area contributed by atoms with Gasteiger partial charge in [0.1, 0.15) is 0 Å². The first-order valence-electron chi connectivity index (χ1n) is 4.38. The number of aliphatic hydroxyl groups is 1. The Morgan fingerprint density at radius 2 is 2.38 bits per heavy atom. The molecule has 0 radical (unpaired) electrons. The van der Waals surface area contributed by atoms with Crippen molar-refractivity contribution in [2.75, 3.05) is 6.61 Å². The van der Waals surface area contributed by atoms with Crippen LogP contribution >= 0.6 is 0 Å². The first-order valence-corrected chi connectivity index (χ1v) is 4.38. The van der Waals surface area contributed by atoms with Gasteiger partial charge in [-0.3, -0.25) is 5.41 Å². The Balaban J connectivity index is 2.41.